The predicted molar refractivity (Wildman–Crippen MR) is 77.1 cm³/mol. The standard InChI is InChI=1S/C14H28N2O4/c1-9(2)6-4-5-7-12(10(3)17)16-14(20)11(15)8-13(18)19/h9-12,17H,4-8,15H2,1-3H3,(H,16,20)(H,18,19). The van der Waals surface area contributed by atoms with Crippen molar-refractivity contribution in [3.05, 3.63) is 0 Å². The monoisotopic (exact) mass is 288 g/mol. The van der Waals surface area contributed by atoms with Gasteiger partial charge in [-0.1, -0.05) is 33.1 Å². The molecule has 0 aliphatic heterocycles. The molecular weight excluding hydrogens is 260 g/mol. The van der Waals surface area contributed by atoms with E-state index >= 15 is 0 Å². The molecule has 0 saturated carbocycles. The molecule has 0 aromatic heterocycles. The second-order valence-corrected chi connectivity index (χ2v) is 5.74. The number of carbonyl (C=O) groups excluding carboxylic acids is 1. The third kappa shape index (κ3) is 8.87. The third-order valence-corrected chi connectivity index (χ3v) is 3.19. The molecule has 5 N–H and O–H groups in total. The van der Waals surface area contributed by atoms with Gasteiger partial charge in [0.2, 0.25) is 5.91 Å². The maximum Gasteiger partial charge on any atom is 0.305 e. The summed E-state index contributed by atoms with van der Waals surface area (Å²) < 4.78 is 0. The lowest BCUT2D eigenvalue weighted by atomic mass is 10.00. The first-order valence-corrected chi connectivity index (χ1v) is 7.19. The van der Waals surface area contributed by atoms with E-state index in [1.165, 1.54) is 0 Å². The van der Waals surface area contributed by atoms with E-state index in [1.54, 1.807) is 6.92 Å². The van der Waals surface area contributed by atoms with Gasteiger partial charge in [-0.25, -0.2) is 0 Å². The first-order chi connectivity index (χ1) is 9.23. The Labute approximate surface area is 120 Å². The number of hydrogen-bond acceptors (Lipinski definition) is 4. The van der Waals surface area contributed by atoms with Gasteiger partial charge in [0.05, 0.1) is 24.6 Å². The Bertz CT molecular complexity index is 306. The number of nitrogens with one attached hydrogen (secondary N) is 1. The number of carbonyl (C=O) groups is 2. The quantitative estimate of drug-likeness (QED) is 0.446. The van der Waals surface area contributed by atoms with Crippen LogP contribution in [0.3, 0.4) is 0 Å². The van der Waals surface area contributed by atoms with Crippen LogP contribution in [0.1, 0.15) is 52.9 Å². The summed E-state index contributed by atoms with van der Waals surface area (Å²) in [5.74, 6) is -1.00. The molecule has 3 unspecified atom stereocenters. The molecule has 0 fully saturated rings. The van der Waals surface area contributed by atoms with Gasteiger partial charge in [0, 0.05) is 0 Å². The van der Waals surface area contributed by atoms with E-state index < -0.39 is 30.4 Å². The van der Waals surface area contributed by atoms with Crippen molar-refractivity contribution in [2.75, 3.05) is 0 Å². The lowest BCUT2D eigenvalue weighted by molar-refractivity contribution is -0.139. The Hall–Kier alpha value is -1.14. The smallest absolute Gasteiger partial charge is 0.305 e. The number of carboxylic acid groups (broad SMARTS) is 1. The highest BCUT2D eigenvalue weighted by Crippen LogP contribution is 2.11. The molecule has 0 rings (SSSR count). The van der Waals surface area contributed by atoms with Crippen molar-refractivity contribution >= 4 is 11.9 Å². The van der Waals surface area contributed by atoms with E-state index in [9.17, 15) is 14.7 Å². The molecule has 0 spiro atoms. The Balaban J connectivity index is 4.19. The van der Waals surface area contributed by atoms with Crippen LogP contribution in [0.4, 0.5) is 0 Å². The molecule has 0 radical (unpaired) electrons. The summed E-state index contributed by atoms with van der Waals surface area (Å²) in [6.07, 6.45) is 2.62. The van der Waals surface area contributed by atoms with Crippen molar-refractivity contribution < 1.29 is 19.8 Å². The Kier molecular flexibility index (Phi) is 9.16. The van der Waals surface area contributed by atoms with Crippen LogP contribution in [0.5, 0.6) is 0 Å². The highest BCUT2D eigenvalue weighted by molar-refractivity contribution is 5.86. The molecule has 0 aliphatic rings. The second kappa shape index (κ2) is 9.72. The first kappa shape index (κ1) is 18.9. The molecular formula is C14H28N2O4. The Morgan fingerprint density at radius 3 is 2.15 bits per heavy atom. The minimum atomic E-state index is -1.11. The fraction of sp³-hybridized carbons (Fsp3) is 0.857. The van der Waals surface area contributed by atoms with Crippen molar-refractivity contribution in [1.29, 1.82) is 0 Å². The summed E-state index contributed by atoms with van der Waals surface area (Å²) in [4.78, 5) is 22.2. The van der Waals surface area contributed by atoms with Crippen LogP contribution >= 0.6 is 0 Å². The van der Waals surface area contributed by atoms with Gasteiger partial charge in [0.15, 0.2) is 0 Å². The minimum Gasteiger partial charge on any atom is -0.481 e. The summed E-state index contributed by atoms with van der Waals surface area (Å²) in [6.45, 7) is 5.91. The van der Waals surface area contributed by atoms with Gasteiger partial charge in [0.25, 0.3) is 0 Å². The second-order valence-electron chi connectivity index (χ2n) is 5.74. The predicted octanol–water partition coefficient (Wildman–Crippen LogP) is 0.870. The lowest BCUT2D eigenvalue weighted by Crippen LogP contribution is -2.49. The third-order valence-electron chi connectivity index (χ3n) is 3.19. The van der Waals surface area contributed by atoms with E-state index in [4.69, 9.17) is 10.8 Å². The maximum absolute atomic E-state index is 11.7. The van der Waals surface area contributed by atoms with E-state index in [0.29, 0.717) is 12.3 Å². The number of nitrogens with two attached hydrogens (primary N) is 1. The number of aliphatic carboxylic acids is 1. The summed E-state index contributed by atoms with van der Waals surface area (Å²) in [6, 6.07) is -1.46. The number of hydrogen-bond donors (Lipinski definition) is 4. The van der Waals surface area contributed by atoms with Gasteiger partial charge in [-0.05, 0) is 19.3 Å². The zero-order valence-electron chi connectivity index (χ0n) is 12.6. The fourth-order valence-corrected chi connectivity index (χ4v) is 1.92. The molecule has 0 saturated heterocycles. The van der Waals surface area contributed by atoms with Crippen LogP contribution in [-0.2, 0) is 9.59 Å². The minimum absolute atomic E-state index is 0.380. The van der Waals surface area contributed by atoms with Gasteiger partial charge in [-0.3, -0.25) is 9.59 Å². The average Bonchev–Trinajstić information content (AvgIpc) is 2.31. The molecule has 6 nitrogen and oxygen atoms in total. The highest BCUT2D eigenvalue weighted by Gasteiger charge is 2.22. The van der Waals surface area contributed by atoms with Crippen molar-refractivity contribution in [3.8, 4) is 0 Å². The van der Waals surface area contributed by atoms with Crippen LogP contribution < -0.4 is 11.1 Å². The summed E-state index contributed by atoms with van der Waals surface area (Å²) in [5, 5.41) is 20.9. The van der Waals surface area contributed by atoms with Gasteiger partial charge < -0.3 is 21.3 Å². The number of aliphatic hydroxyl groups excluding tert-OH is 1. The van der Waals surface area contributed by atoms with Gasteiger partial charge in [-0.15, -0.1) is 0 Å². The van der Waals surface area contributed by atoms with Crippen LogP contribution in [0.15, 0.2) is 0 Å². The normalized spacial score (nSPS) is 15.7. The van der Waals surface area contributed by atoms with E-state index in [2.05, 4.69) is 19.2 Å². The number of unbranched alkanes of at least 4 members (excludes halogenated alkanes) is 1. The van der Waals surface area contributed by atoms with Gasteiger partial charge in [0.1, 0.15) is 0 Å². The van der Waals surface area contributed by atoms with Gasteiger partial charge in [-0.2, -0.15) is 0 Å². The largest absolute Gasteiger partial charge is 0.481 e. The maximum atomic E-state index is 11.7. The number of rotatable bonds is 10. The SMILES string of the molecule is CC(C)CCCCC(NC(=O)C(N)CC(=O)O)C(C)O. The fourth-order valence-electron chi connectivity index (χ4n) is 1.92. The van der Waals surface area contributed by atoms with Crippen LogP contribution in [0.2, 0.25) is 0 Å². The zero-order valence-corrected chi connectivity index (χ0v) is 12.6. The number of carboxylic acids is 1. The molecule has 1 amide bonds. The molecule has 6 heteroatoms. The summed E-state index contributed by atoms with van der Waals surface area (Å²) >= 11 is 0. The van der Waals surface area contributed by atoms with Crippen molar-refractivity contribution in [3.63, 3.8) is 0 Å². The van der Waals surface area contributed by atoms with Gasteiger partial charge >= 0.3 is 5.97 Å². The Morgan fingerprint density at radius 2 is 1.70 bits per heavy atom. The van der Waals surface area contributed by atoms with Crippen LogP contribution in [0.25, 0.3) is 0 Å². The molecule has 0 aliphatic carbocycles. The first-order valence-electron chi connectivity index (χ1n) is 7.19. The number of amides is 1. The summed E-state index contributed by atoms with van der Waals surface area (Å²) in [7, 11) is 0. The lowest BCUT2D eigenvalue weighted by Gasteiger charge is -2.23. The molecule has 118 valence electrons. The van der Waals surface area contributed by atoms with Crippen LogP contribution in [-0.4, -0.2) is 40.3 Å². The number of aliphatic hydroxyl groups is 1. The molecule has 0 heterocycles. The van der Waals surface area contributed by atoms with Crippen molar-refractivity contribution in [2.24, 2.45) is 11.7 Å². The Morgan fingerprint density at radius 1 is 1.15 bits per heavy atom. The average molecular weight is 288 g/mol. The van der Waals surface area contributed by atoms with E-state index in [0.717, 1.165) is 19.3 Å². The van der Waals surface area contributed by atoms with Crippen molar-refractivity contribution in [1.82, 2.24) is 5.32 Å². The van der Waals surface area contributed by atoms with E-state index in [1.807, 2.05) is 0 Å². The highest BCUT2D eigenvalue weighted by atomic mass is 16.4. The van der Waals surface area contributed by atoms with E-state index in [-0.39, 0.29) is 6.04 Å². The molecule has 0 aromatic rings. The molecule has 3 atom stereocenters. The summed E-state index contributed by atoms with van der Waals surface area (Å²) in [5.41, 5.74) is 5.49. The molecule has 0 bridgehead atoms. The molecule has 20 heavy (non-hydrogen) atoms. The molecule has 0 aromatic carbocycles. The van der Waals surface area contributed by atoms with Crippen molar-refractivity contribution in [2.45, 2.75) is 71.1 Å². The zero-order chi connectivity index (χ0) is 15.7. The van der Waals surface area contributed by atoms with Crippen LogP contribution in [0, 0.1) is 5.92 Å². The topological polar surface area (TPSA) is 113 Å².